The van der Waals surface area contributed by atoms with Crippen LogP contribution in [-0.4, -0.2) is 14.7 Å². The molecule has 0 amide bonds. The van der Waals surface area contributed by atoms with Gasteiger partial charge in [-0.05, 0) is 24.1 Å². The average molecular weight is 480 g/mol. The number of aromatic nitrogens is 3. The highest BCUT2D eigenvalue weighted by atomic mass is 35.5. The molecule has 0 fully saturated rings. The summed E-state index contributed by atoms with van der Waals surface area (Å²) in [4.78, 5) is 29.6. The second-order valence-electron chi connectivity index (χ2n) is 8.03. The third-order valence-corrected chi connectivity index (χ3v) is 5.78. The molecule has 0 aliphatic carbocycles. The molecule has 0 aliphatic rings. The largest absolute Gasteiger partial charge is 0.383 e. The molecule has 0 aliphatic heterocycles. The fourth-order valence-corrected chi connectivity index (χ4v) is 3.90. The Labute approximate surface area is 201 Å². The molecule has 2 aromatic heterocycles. The summed E-state index contributed by atoms with van der Waals surface area (Å²) in [5.41, 5.74) is 8.06. The van der Waals surface area contributed by atoms with Crippen molar-refractivity contribution in [3.05, 3.63) is 97.8 Å². The van der Waals surface area contributed by atoms with Gasteiger partial charge in [0.2, 0.25) is 0 Å². The van der Waals surface area contributed by atoms with Crippen molar-refractivity contribution >= 4 is 23.1 Å². The van der Waals surface area contributed by atoms with Gasteiger partial charge in [0.25, 0.3) is 5.56 Å². The molecular weight excluding hydrogens is 454 g/mol. The number of nitrogens with two attached hydrogens (primary N) is 1. The SMILES string of the molecule is CCCCn1c(N)c(N(Cc2ccccc2)Cc2cc(-c3ccc(Cl)cc3)no2)c(=O)[nH]c1=O. The number of unbranched alkanes of at least 4 members (excludes halogenated alkanes) is 1. The predicted molar refractivity (Wildman–Crippen MR) is 134 cm³/mol. The maximum absolute atomic E-state index is 12.9. The number of rotatable bonds is 9. The van der Waals surface area contributed by atoms with E-state index in [2.05, 4.69) is 10.1 Å². The molecule has 8 nitrogen and oxygen atoms in total. The van der Waals surface area contributed by atoms with Crippen LogP contribution in [0.3, 0.4) is 0 Å². The summed E-state index contributed by atoms with van der Waals surface area (Å²) in [6, 6.07) is 18.8. The van der Waals surface area contributed by atoms with E-state index in [0.717, 1.165) is 24.0 Å². The number of H-pyrrole nitrogens is 1. The molecule has 0 bridgehead atoms. The lowest BCUT2D eigenvalue weighted by Crippen LogP contribution is -2.38. The van der Waals surface area contributed by atoms with Gasteiger partial charge in [-0.2, -0.15) is 0 Å². The molecule has 3 N–H and O–H groups in total. The Morgan fingerprint density at radius 2 is 1.82 bits per heavy atom. The summed E-state index contributed by atoms with van der Waals surface area (Å²) in [7, 11) is 0. The van der Waals surface area contributed by atoms with E-state index in [9.17, 15) is 9.59 Å². The zero-order valence-electron chi connectivity index (χ0n) is 18.8. The van der Waals surface area contributed by atoms with Crippen molar-refractivity contribution < 1.29 is 4.52 Å². The molecule has 0 spiro atoms. The van der Waals surface area contributed by atoms with Gasteiger partial charge in [-0.25, -0.2) is 4.79 Å². The lowest BCUT2D eigenvalue weighted by atomic mass is 10.1. The number of benzene rings is 2. The van der Waals surface area contributed by atoms with Crippen LogP contribution in [0.5, 0.6) is 0 Å². The summed E-state index contributed by atoms with van der Waals surface area (Å²) < 4.78 is 7.01. The number of halogens is 1. The normalized spacial score (nSPS) is 11.0. The van der Waals surface area contributed by atoms with Crippen molar-refractivity contribution in [3.8, 4) is 11.3 Å². The van der Waals surface area contributed by atoms with Crippen molar-refractivity contribution in [2.75, 3.05) is 10.6 Å². The molecule has 176 valence electrons. The fourth-order valence-electron chi connectivity index (χ4n) is 3.77. The van der Waals surface area contributed by atoms with Gasteiger partial charge in [0.1, 0.15) is 17.2 Å². The second kappa shape index (κ2) is 10.4. The highest BCUT2D eigenvalue weighted by Gasteiger charge is 2.21. The van der Waals surface area contributed by atoms with Crippen LogP contribution in [0.4, 0.5) is 11.5 Å². The van der Waals surface area contributed by atoms with E-state index in [4.69, 9.17) is 21.9 Å². The monoisotopic (exact) mass is 479 g/mol. The minimum absolute atomic E-state index is 0.135. The number of nitrogen functional groups attached to an aromatic ring is 1. The van der Waals surface area contributed by atoms with Gasteiger partial charge in [0, 0.05) is 29.7 Å². The maximum atomic E-state index is 12.9. The Bertz CT molecular complexity index is 1360. The smallest absolute Gasteiger partial charge is 0.330 e. The highest BCUT2D eigenvalue weighted by Crippen LogP contribution is 2.25. The maximum Gasteiger partial charge on any atom is 0.330 e. The molecule has 34 heavy (non-hydrogen) atoms. The van der Waals surface area contributed by atoms with Crippen LogP contribution in [-0.2, 0) is 19.6 Å². The second-order valence-corrected chi connectivity index (χ2v) is 8.46. The summed E-state index contributed by atoms with van der Waals surface area (Å²) in [5.74, 6) is 0.682. The van der Waals surface area contributed by atoms with Crippen LogP contribution < -0.4 is 21.9 Å². The number of hydrogen-bond acceptors (Lipinski definition) is 6. The minimum Gasteiger partial charge on any atom is -0.383 e. The summed E-state index contributed by atoms with van der Waals surface area (Å²) in [6.45, 7) is 3.07. The topological polar surface area (TPSA) is 110 Å². The first-order valence-electron chi connectivity index (χ1n) is 11.1. The number of nitrogens with one attached hydrogen (secondary N) is 1. The Balaban J connectivity index is 1.72. The van der Waals surface area contributed by atoms with Crippen molar-refractivity contribution in [2.45, 2.75) is 39.4 Å². The van der Waals surface area contributed by atoms with Crippen molar-refractivity contribution in [2.24, 2.45) is 0 Å². The first kappa shape index (κ1) is 23.4. The summed E-state index contributed by atoms with van der Waals surface area (Å²) >= 11 is 5.98. The Morgan fingerprint density at radius 1 is 1.09 bits per heavy atom. The highest BCUT2D eigenvalue weighted by molar-refractivity contribution is 6.30. The van der Waals surface area contributed by atoms with E-state index < -0.39 is 11.2 Å². The van der Waals surface area contributed by atoms with Gasteiger partial charge >= 0.3 is 5.69 Å². The Morgan fingerprint density at radius 3 is 2.53 bits per heavy atom. The van der Waals surface area contributed by atoms with Crippen molar-refractivity contribution in [1.82, 2.24) is 14.7 Å². The molecule has 4 rings (SSSR count). The molecule has 2 aromatic carbocycles. The molecule has 0 saturated heterocycles. The quantitative estimate of drug-likeness (QED) is 0.367. The van der Waals surface area contributed by atoms with E-state index in [1.54, 1.807) is 17.0 Å². The molecule has 0 radical (unpaired) electrons. The third kappa shape index (κ3) is 5.23. The van der Waals surface area contributed by atoms with Crippen LogP contribution in [0.15, 0.2) is 74.8 Å². The summed E-state index contributed by atoms with van der Waals surface area (Å²) in [6.07, 6.45) is 1.65. The van der Waals surface area contributed by atoms with Gasteiger partial charge in [0.15, 0.2) is 5.76 Å². The van der Waals surface area contributed by atoms with Crippen LogP contribution in [0.2, 0.25) is 5.02 Å². The standard InChI is InChI=1S/C25H26ClN5O3/c1-2-3-13-31-23(27)22(24(32)28-25(31)33)30(15-17-7-5-4-6-8-17)16-20-14-21(29-34-20)18-9-11-19(26)12-10-18/h4-12,14H,2-3,13,15-16,27H2,1H3,(H,28,32,33). The van der Waals surface area contributed by atoms with Gasteiger partial charge in [-0.15, -0.1) is 0 Å². The average Bonchev–Trinajstić information content (AvgIpc) is 3.28. The molecule has 0 saturated carbocycles. The Kier molecular flexibility index (Phi) is 7.18. The zero-order chi connectivity index (χ0) is 24.1. The molecule has 2 heterocycles. The lowest BCUT2D eigenvalue weighted by molar-refractivity contribution is 0.382. The van der Waals surface area contributed by atoms with Gasteiger partial charge in [-0.1, -0.05) is 72.6 Å². The molecule has 0 unspecified atom stereocenters. The first-order valence-corrected chi connectivity index (χ1v) is 11.5. The van der Waals surface area contributed by atoms with E-state index >= 15 is 0 Å². The van der Waals surface area contributed by atoms with Crippen LogP contribution in [0.25, 0.3) is 11.3 Å². The minimum atomic E-state index is -0.538. The molecule has 0 atom stereocenters. The zero-order valence-corrected chi connectivity index (χ0v) is 19.6. The van der Waals surface area contributed by atoms with E-state index in [1.165, 1.54) is 4.57 Å². The molecule has 4 aromatic rings. The van der Waals surface area contributed by atoms with Crippen LogP contribution in [0.1, 0.15) is 31.1 Å². The Hall–Kier alpha value is -3.78. The van der Waals surface area contributed by atoms with Crippen LogP contribution in [0, 0.1) is 0 Å². The van der Waals surface area contributed by atoms with Crippen molar-refractivity contribution in [1.29, 1.82) is 0 Å². The summed E-state index contributed by atoms with van der Waals surface area (Å²) in [5, 5.41) is 4.80. The third-order valence-electron chi connectivity index (χ3n) is 5.53. The van der Waals surface area contributed by atoms with Crippen LogP contribution >= 0.6 is 11.6 Å². The van der Waals surface area contributed by atoms with E-state index in [0.29, 0.717) is 29.6 Å². The van der Waals surface area contributed by atoms with Crippen molar-refractivity contribution in [3.63, 3.8) is 0 Å². The number of anilines is 2. The fraction of sp³-hybridized carbons (Fsp3) is 0.240. The number of nitrogens with zero attached hydrogens (tertiary/aromatic N) is 3. The lowest BCUT2D eigenvalue weighted by Gasteiger charge is -2.25. The molecular formula is C25H26ClN5O3. The number of hydrogen-bond donors (Lipinski definition) is 2. The number of aromatic amines is 1. The van der Waals surface area contributed by atoms with Gasteiger partial charge < -0.3 is 15.2 Å². The molecule has 9 heteroatoms. The van der Waals surface area contributed by atoms with Gasteiger partial charge in [0.05, 0.1) is 6.54 Å². The van der Waals surface area contributed by atoms with Gasteiger partial charge in [-0.3, -0.25) is 14.3 Å². The van der Waals surface area contributed by atoms with E-state index in [-0.39, 0.29) is 18.1 Å². The van der Waals surface area contributed by atoms with E-state index in [1.807, 2.05) is 55.5 Å². The predicted octanol–water partition coefficient (Wildman–Crippen LogP) is 4.43. The first-order chi connectivity index (χ1) is 16.5.